The lowest BCUT2D eigenvalue weighted by Gasteiger charge is -2.03. The summed E-state index contributed by atoms with van der Waals surface area (Å²) in [5.74, 6) is 0. The van der Waals surface area contributed by atoms with Gasteiger partial charge in [-0.1, -0.05) is 12.2 Å². The normalized spacial score (nSPS) is 26.0. The van der Waals surface area contributed by atoms with Crippen LogP contribution in [0.4, 0.5) is 0 Å². The third kappa shape index (κ3) is 2.12. The molecule has 0 unspecified atom stereocenters. The second-order valence-corrected chi connectivity index (χ2v) is 2.15. The third-order valence-corrected chi connectivity index (χ3v) is 1.38. The lowest BCUT2D eigenvalue weighted by atomic mass is 10.2. The highest BCUT2D eigenvalue weighted by Crippen LogP contribution is 1.94. The molecule has 0 aromatic rings. The van der Waals surface area contributed by atoms with E-state index < -0.39 is 0 Å². The van der Waals surface area contributed by atoms with Crippen LogP contribution >= 0.6 is 0 Å². The molecular formula is C7H13N. The van der Waals surface area contributed by atoms with E-state index in [0.29, 0.717) is 0 Å². The van der Waals surface area contributed by atoms with E-state index in [4.69, 9.17) is 0 Å². The quantitative estimate of drug-likeness (QED) is 0.465. The highest BCUT2D eigenvalue weighted by atomic mass is 14.8. The maximum absolute atomic E-state index is 3.34. The SMILES string of the molecule is C1=C\CCNCCC/1. The van der Waals surface area contributed by atoms with Gasteiger partial charge in [0.05, 0.1) is 0 Å². The van der Waals surface area contributed by atoms with Crippen LogP contribution in [0.1, 0.15) is 19.3 Å². The summed E-state index contributed by atoms with van der Waals surface area (Å²) in [5, 5.41) is 3.34. The van der Waals surface area contributed by atoms with Crippen molar-refractivity contribution in [2.45, 2.75) is 19.3 Å². The Kier molecular flexibility index (Phi) is 2.68. The maximum atomic E-state index is 3.34. The van der Waals surface area contributed by atoms with Crippen molar-refractivity contribution < 1.29 is 0 Å². The van der Waals surface area contributed by atoms with Gasteiger partial charge in [-0.3, -0.25) is 0 Å². The second-order valence-electron chi connectivity index (χ2n) is 2.15. The van der Waals surface area contributed by atoms with E-state index in [1.54, 1.807) is 0 Å². The van der Waals surface area contributed by atoms with Crippen LogP contribution in [-0.2, 0) is 0 Å². The monoisotopic (exact) mass is 111 g/mol. The Morgan fingerprint density at radius 1 is 1.00 bits per heavy atom. The zero-order chi connectivity index (χ0) is 5.66. The Morgan fingerprint density at radius 3 is 2.88 bits per heavy atom. The molecule has 1 heterocycles. The zero-order valence-electron chi connectivity index (χ0n) is 5.19. The van der Waals surface area contributed by atoms with Crippen LogP contribution < -0.4 is 5.32 Å². The van der Waals surface area contributed by atoms with Crippen molar-refractivity contribution >= 4 is 0 Å². The lowest BCUT2D eigenvalue weighted by molar-refractivity contribution is 0.645. The van der Waals surface area contributed by atoms with Gasteiger partial charge >= 0.3 is 0 Å². The van der Waals surface area contributed by atoms with Crippen LogP contribution in [0.2, 0.25) is 0 Å². The van der Waals surface area contributed by atoms with Gasteiger partial charge in [0.15, 0.2) is 0 Å². The number of hydrogen-bond donors (Lipinski definition) is 1. The number of rotatable bonds is 0. The number of allylic oxidation sites excluding steroid dienone is 1. The van der Waals surface area contributed by atoms with Gasteiger partial charge in [-0.2, -0.15) is 0 Å². The first-order valence-corrected chi connectivity index (χ1v) is 3.36. The molecule has 1 heteroatoms. The molecule has 0 aliphatic carbocycles. The molecule has 0 aromatic heterocycles. The molecule has 0 bridgehead atoms. The van der Waals surface area contributed by atoms with Crippen molar-refractivity contribution in [2.24, 2.45) is 0 Å². The predicted molar refractivity (Wildman–Crippen MR) is 35.9 cm³/mol. The Bertz CT molecular complexity index is 66.5. The molecule has 1 N–H and O–H groups in total. The van der Waals surface area contributed by atoms with Crippen molar-refractivity contribution in [3.8, 4) is 0 Å². The van der Waals surface area contributed by atoms with Gasteiger partial charge in [0, 0.05) is 0 Å². The minimum absolute atomic E-state index is 1.16. The average molecular weight is 111 g/mol. The predicted octanol–water partition coefficient (Wildman–Crippen LogP) is 1.32. The molecule has 0 saturated heterocycles. The number of nitrogens with one attached hydrogen (secondary N) is 1. The molecule has 1 aliphatic rings. The molecule has 46 valence electrons. The summed E-state index contributed by atoms with van der Waals surface area (Å²) >= 11 is 0. The Labute approximate surface area is 50.8 Å². The van der Waals surface area contributed by atoms with E-state index in [9.17, 15) is 0 Å². The molecule has 1 rings (SSSR count). The van der Waals surface area contributed by atoms with Crippen LogP contribution in [0.15, 0.2) is 12.2 Å². The molecule has 0 fully saturated rings. The van der Waals surface area contributed by atoms with Gasteiger partial charge in [-0.25, -0.2) is 0 Å². The molecule has 1 aliphatic heterocycles. The zero-order valence-corrected chi connectivity index (χ0v) is 5.19. The third-order valence-electron chi connectivity index (χ3n) is 1.38. The molecule has 0 aromatic carbocycles. The fraction of sp³-hybridized carbons (Fsp3) is 0.714. The summed E-state index contributed by atoms with van der Waals surface area (Å²) in [6.07, 6.45) is 8.30. The average Bonchev–Trinajstić information content (AvgIpc) is 1.62. The van der Waals surface area contributed by atoms with Crippen molar-refractivity contribution in [3.05, 3.63) is 12.2 Å². The van der Waals surface area contributed by atoms with Gasteiger partial charge < -0.3 is 5.32 Å². The summed E-state index contributed by atoms with van der Waals surface area (Å²) in [5.41, 5.74) is 0. The highest BCUT2D eigenvalue weighted by Gasteiger charge is 1.87. The van der Waals surface area contributed by atoms with E-state index in [0.717, 1.165) is 6.54 Å². The van der Waals surface area contributed by atoms with Crippen molar-refractivity contribution in [2.75, 3.05) is 13.1 Å². The minimum atomic E-state index is 1.16. The summed E-state index contributed by atoms with van der Waals surface area (Å²) in [7, 11) is 0. The van der Waals surface area contributed by atoms with Gasteiger partial charge in [0.2, 0.25) is 0 Å². The van der Waals surface area contributed by atoms with Gasteiger partial charge in [0.1, 0.15) is 0 Å². The first kappa shape index (κ1) is 5.83. The fourth-order valence-electron chi connectivity index (χ4n) is 0.891. The number of hydrogen-bond acceptors (Lipinski definition) is 1. The van der Waals surface area contributed by atoms with Gasteiger partial charge in [-0.15, -0.1) is 0 Å². The molecule has 8 heavy (non-hydrogen) atoms. The molecular weight excluding hydrogens is 98.1 g/mol. The topological polar surface area (TPSA) is 12.0 Å². The largest absolute Gasteiger partial charge is 0.316 e. The summed E-state index contributed by atoms with van der Waals surface area (Å²) in [6, 6.07) is 0. The highest BCUT2D eigenvalue weighted by molar-refractivity contribution is 4.83. The first-order valence-electron chi connectivity index (χ1n) is 3.36. The molecule has 1 nitrogen and oxygen atoms in total. The summed E-state index contributed by atoms with van der Waals surface area (Å²) < 4.78 is 0. The van der Waals surface area contributed by atoms with Crippen LogP contribution in [0.25, 0.3) is 0 Å². The lowest BCUT2D eigenvalue weighted by Crippen LogP contribution is -2.16. The first-order chi connectivity index (χ1) is 4.00. The Morgan fingerprint density at radius 2 is 1.88 bits per heavy atom. The molecule has 0 amide bonds. The Balaban J connectivity index is 2.17. The fourth-order valence-corrected chi connectivity index (χ4v) is 0.891. The van der Waals surface area contributed by atoms with Crippen LogP contribution in [-0.4, -0.2) is 13.1 Å². The second kappa shape index (κ2) is 3.67. The van der Waals surface area contributed by atoms with Crippen LogP contribution in [0.5, 0.6) is 0 Å². The maximum Gasteiger partial charge on any atom is -0.00143 e. The van der Waals surface area contributed by atoms with Gasteiger partial charge in [-0.05, 0) is 32.4 Å². The van der Waals surface area contributed by atoms with E-state index in [1.165, 1.54) is 25.8 Å². The van der Waals surface area contributed by atoms with E-state index >= 15 is 0 Å². The van der Waals surface area contributed by atoms with Crippen molar-refractivity contribution in [1.82, 2.24) is 5.32 Å². The minimum Gasteiger partial charge on any atom is -0.316 e. The molecule has 0 atom stereocenters. The molecule has 0 radical (unpaired) electrons. The van der Waals surface area contributed by atoms with Crippen molar-refractivity contribution in [1.29, 1.82) is 0 Å². The Hall–Kier alpha value is -0.300. The van der Waals surface area contributed by atoms with Crippen molar-refractivity contribution in [3.63, 3.8) is 0 Å². The van der Waals surface area contributed by atoms with Crippen LogP contribution in [0, 0.1) is 0 Å². The smallest absolute Gasteiger partial charge is 0.00143 e. The van der Waals surface area contributed by atoms with E-state index in [2.05, 4.69) is 17.5 Å². The molecule has 0 spiro atoms. The summed E-state index contributed by atoms with van der Waals surface area (Å²) in [4.78, 5) is 0. The van der Waals surface area contributed by atoms with E-state index in [1.807, 2.05) is 0 Å². The van der Waals surface area contributed by atoms with Gasteiger partial charge in [0.25, 0.3) is 0 Å². The summed E-state index contributed by atoms with van der Waals surface area (Å²) in [6.45, 7) is 2.36. The standard InChI is InChI=1S/C7H13N/c1-2-4-6-8-7-5-3-1/h1-2,8H,3-7H2/b2-1-. The molecule has 0 saturated carbocycles. The van der Waals surface area contributed by atoms with E-state index in [-0.39, 0.29) is 0 Å². The van der Waals surface area contributed by atoms with Crippen LogP contribution in [0.3, 0.4) is 0 Å².